The molecule has 0 unspecified atom stereocenters. The van der Waals surface area contributed by atoms with Crippen LogP contribution >= 0.6 is 0 Å². The molecule has 0 nitrogen and oxygen atoms in total. The molecule has 0 aliphatic heterocycles. The van der Waals surface area contributed by atoms with Crippen LogP contribution in [-0.4, -0.2) is 3.21 Å². The zero-order valence-electron chi connectivity index (χ0n) is 25.1. The first kappa shape index (κ1) is 29.8. The van der Waals surface area contributed by atoms with Gasteiger partial charge in [0.1, 0.15) is 0 Å². The summed E-state index contributed by atoms with van der Waals surface area (Å²) in [7, 11) is 0. The monoisotopic (exact) mass is 620 g/mol. The second-order valence-electron chi connectivity index (χ2n) is 10.8. The van der Waals surface area contributed by atoms with Crippen LogP contribution in [0.15, 0.2) is 133 Å². The van der Waals surface area contributed by atoms with Gasteiger partial charge in [-0.05, 0) is 12.8 Å². The zero-order chi connectivity index (χ0) is 29.5. The zero-order valence-corrected chi connectivity index (χ0v) is 27.6. The van der Waals surface area contributed by atoms with Crippen LogP contribution in [0, 0.1) is 13.8 Å². The average molecular weight is 622 g/mol. The van der Waals surface area contributed by atoms with E-state index in [1.165, 1.54) is 93.1 Å². The van der Waals surface area contributed by atoms with E-state index in [-0.39, 0.29) is 0 Å². The summed E-state index contributed by atoms with van der Waals surface area (Å²) in [5.74, 6) is 0. The van der Waals surface area contributed by atoms with Gasteiger partial charge in [0.15, 0.2) is 0 Å². The third-order valence-electron chi connectivity index (χ3n) is 8.10. The molecule has 0 heterocycles. The molecule has 0 aromatic heterocycles. The Hall–Kier alpha value is -3.67. The van der Waals surface area contributed by atoms with Gasteiger partial charge in [-0.15, -0.1) is 80.3 Å². The molecular formula is C41H38Zr. The molecular weight excluding hydrogens is 584 g/mol. The van der Waals surface area contributed by atoms with Crippen molar-refractivity contribution in [2.45, 2.75) is 40.5 Å². The molecule has 0 fully saturated rings. The first-order valence-corrected chi connectivity index (χ1v) is 16.1. The van der Waals surface area contributed by atoms with E-state index in [0.29, 0.717) is 0 Å². The predicted molar refractivity (Wildman–Crippen MR) is 181 cm³/mol. The average Bonchev–Trinajstić information content (AvgIpc) is 3.56. The molecule has 42 heavy (non-hydrogen) atoms. The first-order valence-electron chi connectivity index (χ1n) is 14.9. The van der Waals surface area contributed by atoms with Gasteiger partial charge >= 0.3 is 99.2 Å². The molecule has 7 aromatic rings. The van der Waals surface area contributed by atoms with Crippen molar-refractivity contribution in [1.29, 1.82) is 0 Å². The molecule has 1 heteroatoms. The van der Waals surface area contributed by atoms with Gasteiger partial charge in [0, 0.05) is 0 Å². The van der Waals surface area contributed by atoms with E-state index in [2.05, 4.69) is 161 Å². The van der Waals surface area contributed by atoms with E-state index in [1.807, 2.05) is 0 Å². The molecule has 0 spiro atoms. The molecule has 206 valence electrons. The third-order valence-corrected chi connectivity index (χ3v) is 9.52. The summed E-state index contributed by atoms with van der Waals surface area (Å²) in [5.41, 5.74) is 8.31. The van der Waals surface area contributed by atoms with Crippen molar-refractivity contribution >= 4 is 35.5 Å². The van der Waals surface area contributed by atoms with Gasteiger partial charge in [-0.25, -0.2) is 0 Å². The normalized spacial score (nSPS) is 10.7. The first-order chi connectivity index (χ1) is 20.5. The summed E-state index contributed by atoms with van der Waals surface area (Å²) in [6.45, 7) is 8.75. The van der Waals surface area contributed by atoms with Crippen molar-refractivity contribution in [3.8, 4) is 0 Å². The number of benzene rings is 5. The summed E-state index contributed by atoms with van der Waals surface area (Å²) in [4.78, 5) is 0. The van der Waals surface area contributed by atoms with Crippen LogP contribution in [-0.2, 0) is 37.1 Å². The van der Waals surface area contributed by atoms with Crippen LogP contribution < -0.4 is 0 Å². The molecule has 7 rings (SSSR count). The van der Waals surface area contributed by atoms with Gasteiger partial charge in [0.05, 0.1) is 0 Å². The predicted octanol–water partition coefficient (Wildman–Crippen LogP) is 10.8. The van der Waals surface area contributed by atoms with Gasteiger partial charge < -0.3 is 0 Å². The minimum absolute atomic E-state index is 1.11. The summed E-state index contributed by atoms with van der Waals surface area (Å²) in [6.07, 6.45) is 2.22. The third kappa shape index (κ3) is 6.86. The molecule has 0 atom stereocenters. The van der Waals surface area contributed by atoms with Crippen LogP contribution in [0.1, 0.15) is 47.2 Å². The second kappa shape index (κ2) is 14.0. The Balaban J connectivity index is 0.000000129. The van der Waals surface area contributed by atoms with Gasteiger partial charge in [0.25, 0.3) is 0 Å². The van der Waals surface area contributed by atoms with E-state index < -0.39 is 0 Å². The Labute approximate surface area is 265 Å². The van der Waals surface area contributed by atoms with E-state index in [4.69, 9.17) is 0 Å². The fourth-order valence-corrected chi connectivity index (χ4v) is 6.28. The van der Waals surface area contributed by atoms with Crippen LogP contribution in [0.25, 0.3) is 32.3 Å². The number of hydrogen-bond donors (Lipinski definition) is 0. The molecule has 7 aromatic carbocycles. The van der Waals surface area contributed by atoms with E-state index in [0.717, 1.165) is 12.8 Å². The topological polar surface area (TPSA) is 0 Å². The summed E-state index contributed by atoms with van der Waals surface area (Å²) >= 11 is 1.46. The Kier molecular flexibility index (Phi) is 9.94. The number of hydrogen-bond acceptors (Lipinski definition) is 0. The van der Waals surface area contributed by atoms with Crippen molar-refractivity contribution in [3.05, 3.63) is 167 Å². The molecule has 0 saturated carbocycles. The standard InChI is InChI=1S/C17H17.C13H10.C11H11.Zr/c1-3-12-5-7-16-14(9-12)11-15-10-13(4-2)6-8-17(15)16;1-3-7-12(8-4-1)11-13-9-5-2-6-10-13;1-8-7-10-5-3-4-6-11(10)9(8)2;/h5-11H,3-4H2,1-2H3;1-10H;3-7H,1-2H3;/q-1;;-1;+2. The Morgan fingerprint density at radius 1 is 0.524 bits per heavy atom. The Morgan fingerprint density at radius 2 is 1.00 bits per heavy atom. The van der Waals surface area contributed by atoms with Crippen molar-refractivity contribution in [1.82, 2.24) is 0 Å². The van der Waals surface area contributed by atoms with Crippen molar-refractivity contribution in [2.75, 3.05) is 0 Å². The molecule has 0 N–H and O–H groups in total. The number of aryl methyl sites for hydroxylation is 4. The van der Waals surface area contributed by atoms with Gasteiger partial charge in [-0.3, -0.25) is 0 Å². The van der Waals surface area contributed by atoms with Crippen LogP contribution in [0.5, 0.6) is 0 Å². The molecule has 0 aliphatic carbocycles. The fraction of sp³-hybridized carbons (Fsp3) is 0.146. The van der Waals surface area contributed by atoms with Crippen LogP contribution in [0.4, 0.5) is 0 Å². The van der Waals surface area contributed by atoms with Crippen LogP contribution in [0.3, 0.4) is 0 Å². The summed E-state index contributed by atoms with van der Waals surface area (Å²) in [6, 6.07) is 47.8. The number of fused-ring (bicyclic) bond motifs is 4. The summed E-state index contributed by atoms with van der Waals surface area (Å²) < 4.78 is 1.42. The van der Waals surface area contributed by atoms with Crippen molar-refractivity contribution in [2.24, 2.45) is 0 Å². The molecule has 0 bridgehead atoms. The SMILES string of the molecule is CCc1ccc2c(c1)[cH-]c1cc(CC)ccc12.Cc1[cH-]c2ccccc2c1C.[Zr+2]=[C](c1ccccc1)c1ccccc1. The second-order valence-corrected chi connectivity index (χ2v) is 12.1. The quantitative estimate of drug-likeness (QED) is 0.172. The Morgan fingerprint density at radius 3 is 1.48 bits per heavy atom. The van der Waals surface area contributed by atoms with E-state index >= 15 is 0 Å². The van der Waals surface area contributed by atoms with Crippen molar-refractivity contribution in [3.63, 3.8) is 0 Å². The maximum absolute atomic E-state index is 2.32. The van der Waals surface area contributed by atoms with Gasteiger partial charge in [-0.1, -0.05) is 69.2 Å². The Bertz CT molecular complexity index is 1820. The molecule has 0 amide bonds. The summed E-state index contributed by atoms with van der Waals surface area (Å²) in [5, 5.41) is 8.30. The molecule has 0 radical (unpaired) electrons. The molecule has 0 saturated heterocycles. The van der Waals surface area contributed by atoms with Crippen LogP contribution in [0.2, 0.25) is 0 Å². The van der Waals surface area contributed by atoms with Gasteiger partial charge in [-0.2, -0.15) is 5.56 Å². The fourth-order valence-electron chi connectivity index (χ4n) is 5.46. The minimum atomic E-state index is 1.11. The number of rotatable bonds is 4. The maximum atomic E-state index is 2.32. The van der Waals surface area contributed by atoms with E-state index in [1.54, 1.807) is 0 Å². The van der Waals surface area contributed by atoms with E-state index in [9.17, 15) is 0 Å². The van der Waals surface area contributed by atoms with Gasteiger partial charge in [0.2, 0.25) is 0 Å². The van der Waals surface area contributed by atoms with Crippen molar-refractivity contribution < 1.29 is 24.2 Å². The molecule has 0 aliphatic rings.